The fraction of sp³-hybridized carbons (Fsp3) is 0.579. The smallest absolute Gasteiger partial charge is 0.245 e. The molecule has 0 spiro atoms. The Morgan fingerprint density at radius 2 is 1.96 bits per heavy atom. The van der Waals surface area contributed by atoms with Gasteiger partial charge in [-0.2, -0.15) is 0 Å². The van der Waals surface area contributed by atoms with Crippen molar-refractivity contribution in [2.75, 3.05) is 32.6 Å². The summed E-state index contributed by atoms with van der Waals surface area (Å²) in [7, 11) is 3.21. The molecule has 0 unspecified atom stereocenters. The zero-order chi connectivity index (χ0) is 18.7. The molecule has 0 aromatic heterocycles. The van der Waals surface area contributed by atoms with E-state index in [2.05, 4.69) is 10.6 Å². The summed E-state index contributed by atoms with van der Waals surface area (Å²) in [6.45, 7) is 0.966. The molecular formula is C19H26FN3O3. The molecule has 26 heavy (non-hydrogen) atoms. The molecule has 142 valence electrons. The van der Waals surface area contributed by atoms with E-state index in [0.29, 0.717) is 44.5 Å². The standard InChI is InChI=1S/C19H26FN3O3/c1-21-18(25)19(22-15-4-3-5-16(12-15)26-2)6-8-23(9-7-19)17(24)13-10-14(20)11-13/h3-5,12-14,22H,6-11H2,1-2H3,(H,21,25). The molecule has 1 aromatic carbocycles. The van der Waals surface area contributed by atoms with Crippen molar-refractivity contribution >= 4 is 17.5 Å². The summed E-state index contributed by atoms with van der Waals surface area (Å²) in [6, 6.07) is 7.44. The van der Waals surface area contributed by atoms with E-state index in [0.717, 1.165) is 5.69 Å². The highest BCUT2D eigenvalue weighted by molar-refractivity contribution is 5.90. The number of likely N-dealkylation sites (N-methyl/N-ethyl adjacent to an activating group) is 1. The second kappa shape index (κ2) is 7.51. The van der Waals surface area contributed by atoms with Gasteiger partial charge in [-0.15, -0.1) is 0 Å². The van der Waals surface area contributed by atoms with Crippen molar-refractivity contribution in [3.05, 3.63) is 24.3 Å². The number of alkyl halides is 1. The first-order chi connectivity index (χ1) is 12.5. The topological polar surface area (TPSA) is 70.7 Å². The number of methoxy groups -OCH3 is 1. The van der Waals surface area contributed by atoms with Crippen LogP contribution >= 0.6 is 0 Å². The van der Waals surface area contributed by atoms with Crippen LogP contribution in [0, 0.1) is 5.92 Å². The summed E-state index contributed by atoms with van der Waals surface area (Å²) in [6.07, 6.45) is 0.826. The number of likely N-dealkylation sites (tertiary alicyclic amines) is 1. The van der Waals surface area contributed by atoms with Gasteiger partial charge in [0.05, 0.1) is 7.11 Å². The van der Waals surface area contributed by atoms with Crippen molar-refractivity contribution in [3.63, 3.8) is 0 Å². The number of ether oxygens (including phenoxy) is 1. The number of benzene rings is 1. The van der Waals surface area contributed by atoms with E-state index in [1.165, 1.54) is 0 Å². The van der Waals surface area contributed by atoms with E-state index in [4.69, 9.17) is 4.74 Å². The van der Waals surface area contributed by atoms with Crippen LogP contribution in [0.4, 0.5) is 10.1 Å². The lowest BCUT2D eigenvalue weighted by Crippen LogP contribution is -2.59. The number of nitrogens with one attached hydrogen (secondary N) is 2. The van der Waals surface area contributed by atoms with E-state index in [9.17, 15) is 14.0 Å². The van der Waals surface area contributed by atoms with Gasteiger partial charge in [-0.05, 0) is 37.8 Å². The summed E-state index contributed by atoms with van der Waals surface area (Å²) in [4.78, 5) is 26.8. The fourth-order valence-corrected chi connectivity index (χ4v) is 3.74. The highest BCUT2D eigenvalue weighted by Crippen LogP contribution is 2.34. The third kappa shape index (κ3) is 3.61. The van der Waals surface area contributed by atoms with Gasteiger partial charge in [-0.3, -0.25) is 9.59 Å². The van der Waals surface area contributed by atoms with E-state index in [-0.39, 0.29) is 17.7 Å². The maximum Gasteiger partial charge on any atom is 0.245 e. The Kier molecular flexibility index (Phi) is 5.34. The normalized spacial score (nSPS) is 24.3. The Hall–Kier alpha value is -2.31. The minimum atomic E-state index is -0.839. The predicted octanol–water partition coefficient (Wildman–Crippen LogP) is 1.96. The van der Waals surface area contributed by atoms with Crippen molar-refractivity contribution in [1.82, 2.24) is 10.2 Å². The van der Waals surface area contributed by atoms with Gasteiger partial charge in [-0.25, -0.2) is 4.39 Å². The highest BCUT2D eigenvalue weighted by Gasteiger charge is 2.44. The Morgan fingerprint density at radius 1 is 1.27 bits per heavy atom. The van der Waals surface area contributed by atoms with Gasteiger partial charge in [0.2, 0.25) is 11.8 Å². The predicted molar refractivity (Wildman–Crippen MR) is 96.8 cm³/mol. The van der Waals surface area contributed by atoms with Gasteiger partial charge in [-0.1, -0.05) is 6.07 Å². The van der Waals surface area contributed by atoms with E-state index in [1.54, 1.807) is 19.1 Å². The van der Waals surface area contributed by atoms with Gasteiger partial charge >= 0.3 is 0 Å². The number of piperidine rings is 1. The summed E-state index contributed by atoms with van der Waals surface area (Å²) in [5.41, 5.74) is 0.0205. The zero-order valence-electron chi connectivity index (χ0n) is 15.3. The Labute approximate surface area is 153 Å². The lowest BCUT2D eigenvalue weighted by Gasteiger charge is -2.43. The van der Waals surface area contributed by atoms with E-state index >= 15 is 0 Å². The Morgan fingerprint density at radius 3 is 2.54 bits per heavy atom. The Balaban J connectivity index is 1.69. The summed E-state index contributed by atoms with van der Waals surface area (Å²) < 4.78 is 18.3. The highest BCUT2D eigenvalue weighted by atomic mass is 19.1. The van der Waals surface area contributed by atoms with Crippen molar-refractivity contribution < 1.29 is 18.7 Å². The molecule has 0 radical (unpaired) electrons. The maximum atomic E-state index is 13.0. The van der Waals surface area contributed by atoms with Crippen LogP contribution in [0.3, 0.4) is 0 Å². The molecule has 2 N–H and O–H groups in total. The monoisotopic (exact) mass is 363 g/mol. The number of hydrogen-bond donors (Lipinski definition) is 2. The molecule has 2 aliphatic rings. The van der Waals surface area contributed by atoms with Crippen LogP contribution in [0.2, 0.25) is 0 Å². The van der Waals surface area contributed by atoms with Crippen LogP contribution in [-0.2, 0) is 9.59 Å². The number of carbonyl (C=O) groups excluding carboxylic acids is 2. The summed E-state index contributed by atoms with van der Waals surface area (Å²) >= 11 is 0. The molecule has 2 amide bonds. The zero-order valence-corrected chi connectivity index (χ0v) is 15.3. The van der Waals surface area contributed by atoms with Gasteiger partial charge < -0.3 is 20.3 Å². The van der Waals surface area contributed by atoms with Gasteiger partial charge in [0.25, 0.3) is 0 Å². The molecule has 2 fully saturated rings. The maximum absolute atomic E-state index is 13.0. The lowest BCUT2D eigenvalue weighted by atomic mass is 9.80. The first-order valence-electron chi connectivity index (χ1n) is 9.05. The largest absolute Gasteiger partial charge is 0.497 e. The summed E-state index contributed by atoms with van der Waals surface area (Å²) in [5.74, 6) is 0.440. The quantitative estimate of drug-likeness (QED) is 0.839. The molecule has 7 heteroatoms. The van der Waals surface area contributed by atoms with Crippen LogP contribution in [0.5, 0.6) is 5.75 Å². The van der Waals surface area contributed by atoms with Crippen LogP contribution in [0.25, 0.3) is 0 Å². The van der Waals surface area contributed by atoms with E-state index in [1.807, 2.05) is 24.3 Å². The van der Waals surface area contributed by atoms with Gasteiger partial charge in [0, 0.05) is 37.8 Å². The molecule has 0 bridgehead atoms. The number of anilines is 1. The van der Waals surface area contributed by atoms with Crippen molar-refractivity contribution in [2.45, 2.75) is 37.4 Å². The Bertz CT molecular complexity index is 668. The van der Waals surface area contributed by atoms with Crippen LogP contribution in [0.15, 0.2) is 24.3 Å². The number of halogens is 1. The second-order valence-electron chi connectivity index (χ2n) is 7.11. The van der Waals surface area contributed by atoms with E-state index < -0.39 is 11.7 Å². The molecule has 1 saturated carbocycles. The van der Waals surface area contributed by atoms with Crippen molar-refractivity contribution in [2.24, 2.45) is 5.92 Å². The number of amides is 2. The summed E-state index contributed by atoms with van der Waals surface area (Å²) in [5, 5.41) is 6.09. The number of nitrogens with zero attached hydrogens (tertiary/aromatic N) is 1. The van der Waals surface area contributed by atoms with Crippen LogP contribution in [0.1, 0.15) is 25.7 Å². The minimum Gasteiger partial charge on any atom is -0.497 e. The first-order valence-corrected chi connectivity index (χ1v) is 9.05. The SMILES string of the molecule is CNC(=O)C1(Nc2cccc(OC)c2)CCN(C(=O)C2CC(F)C2)CC1. The molecule has 1 heterocycles. The third-order valence-electron chi connectivity index (χ3n) is 5.47. The number of carbonyl (C=O) groups is 2. The third-order valence-corrected chi connectivity index (χ3v) is 5.47. The van der Waals surface area contributed by atoms with Crippen molar-refractivity contribution in [1.29, 1.82) is 0 Å². The average Bonchev–Trinajstić information content (AvgIpc) is 2.65. The second-order valence-corrected chi connectivity index (χ2v) is 7.11. The fourth-order valence-electron chi connectivity index (χ4n) is 3.74. The van der Waals surface area contributed by atoms with Crippen LogP contribution < -0.4 is 15.4 Å². The van der Waals surface area contributed by atoms with Crippen LogP contribution in [-0.4, -0.2) is 55.7 Å². The van der Waals surface area contributed by atoms with Crippen molar-refractivity contribution in [3.8, 4) is 5.75 Å². The minimum absolute atomic E-state index is 0.0192. The molecule has 1 aromatic rings. The van der Waals surface area contributed by atoms with Gasteiger partial charge in [0.1, 0.15) is 17.5 Å². The molecule has 0 atom stereocenters. The first kappa shape index (κ1) is 18.5. The lowest BCUT2D eigenvalue weighted by molar-refractivity contribution is -0.143. The molecular weight excluding hydrogens is 337 g/mol. The molecule has 3 rings (SSSR count). The molecule has 6 nitrogen and oxygen atoms in total. The number of rotatable bonds is 5. The van der Waals surface area contributed by atoms with Gasteiger partial charge in [0.15, 0.2) is 0 Å². The number of hydrogen-bond acceptors (Lipinski definition) is 4. The molecule has 1 saturated heterocycles. The molecule has 1 aliphatic heterocycles. The average molecular weight is 363 g/mol. The molecule has 1 aliphatic carbocycles.